The van der Waals surface area contributed by atoms with Crippen LogP contribution in [0, 0.1) is 11.3 Å². The zero-order valence-electron chi connectivity index (χ0n) is 11.3. The van der Waals surface area contributed by atoms with Gasteiger partial charge in [-0.3, -0.25) is 4.40 Å². The maximum Gasteiger partial charge on any atom is 0.355 e. The Labute approximate surface area is 115 Å². The summed E-state index contributed by atoms with van der Waals surface area (Å²) in [5.41, 5.74) is 3.40. The zero-order valence-corrected chi connectivity index (χ0v) is 11.3. The second-order valence-electron chi connectivity index (χ2n) is 4.48. The Morgan fingerprint density at radius 1 is 1.35 bits per heavy atom. The molecule has 5 nitrogen and oxygen atoms in total. The lowest BCUT2D eigenvalue weighted by atomic mass is 10.3. The van der Waals surface area contributed by atoms with Gasteiger partial charge in [-0.05, 0) is 25.1 Å². The van der Waals surface area contributed by atoms with Crippen molar-refractivity contribution in [2.24, 2.45) is 7.05 Å². The number of carbonyl (C=O) groups is 1. The Balaban J connectivity index is 2.46. The number of carbonyl (C=O) groups excluding carboxylic acids is 1. The molecule has 5 heteroatoms. The molecule has 0 aliphatic heterocycles. The van der Waals surface area contributed by atoms with Crippen molar-refractivity contribution >= 4 is 22.6 Å². The molecule has 3 aromatic rings. The van der Waals surface area contributed by atoms with Crippen LogP contribution in [0.5, 0.6) is 0 Å². The van der Waals surface area contributed by atoms with Crippen LogP contribution in [0.2, 0.25) is 0 Å². The van der Waals surface area contributed by atoms with E-state index in [0.717, 1.165) is 11.0 Å². The van der Waals surface area contributed by atoms with E-state index >= 15 is 0 Å². The van der Waals surface area contributed by atoms with Gasteiger partial charge in [0.25, 0.3) is 0 Å². The van der Waals surface area contributed by atoms with Crippen LogP contribution in [0.4, 0.5) is 0 Å². The molecule has 0 saturated carbocycles. The molecule has 1 aromatic carbocycles. The smallest absolute Gasteiger partial charge is 0.355 e. The maximum atomic E-state index is 12.1. The molecule has 0 saturated heterocycles. The van der Waals surface area contributed by atoms with Gasteiger partial charge in [-0.25, -0.2) is 4.79 Å². The van der Waals surface area contributed by atoms with Gasteiger partial charge in [-0.15, -0.1) is 0 Å². The van der Waals surface area contributed by atoms with Crippen molar-refractivity contribution in [1.82, 2.24) is 8.97 Å². The molecule has 0 aliphatic rings. The zero-order chi connectivity index (χ0) is 14.3. The Bertz CT molecular complexity index is 865. The Hall–Kier alpha value is -2.74. The van der Waals surface area contributed by atoms with E-state index in [1.807, 2.05) is 35.9 Å². The van der Waals surface area contributed by atoms with E-state index in [2.05, 4.69) is 6.07 Å². The van der Waals surface area contributed by atoms with Crippen LogP contribution in [0.25, 0.3) is 16.7 Å². The van der Waals surface area contributed by atoms with Crippen molar-refractivity contribution in [3.05, 3.63) is 41.6 Å². The summed E-state index contributed by atoms with van der Waals surface area (Å²) in [6.45, 7) is 2.07. The van der Waals surface area contributed by atoms with E-state index in [9.17, 15) is 10.1 Å². The average molecular weight is 267 g/mol. The minimum Gasteiger partial charge on any atom is -0.461 e. The maximum absolute atomic E-state index is 12.1. The molecule has 0 amide bonds. The summed E-state index contributed by atoms with van der Waals surface area (Å²) in [5.74, 6) is -0.416. The lowest BCUT2D eigenvalue weighted by molar-refractivity contribution is 0.0519. The minimum atomic E-state index is -0.416. The van der Waals surface area contributed by atoms with Crippen LogP contribution in [0.15, 0.2) is 30.3 Å². The molecule has 0 bridgehead atoms. The molecule has 0 atom stereocenters. The molecule has 2 heterocycles. The molecule has 2 aromatic heterocycles. The second-order valence-corrected chi connectivity index (χ2v) is 4.48. The van der Waals surface area contributed by atoms with Crippen molar-refractivity contribution in [2.45, 2.75) is 6.92 Å². The fourth-order valence-corrected chi connectivity index (χ4v) is 2.56. The summed E-state index contributed by atoms with van der Waals surface area (Å²) in [7, 11) is 1.88. The Morgan fingerprint density at radius 3 is 2.70 bits per heavy atom. The largest absolute Gasteiger partial charge is 0.461 e. The van der Waals surface area contributed by atoms with Gasteiger partial charge in [-0.2, -0.15) is 5.26 Å². The molecule has 0 fully saturated rings. The van der Waals surface area contributed by atoms with Crippen LogP contribution in [-0.4, -0.2) is 21.5 Å². The van der Waals surface area contributed by atoms with Crippen molar-refractivity contribution in [3.63, 3.8) is 0 Å². The molecule has 100 valence electrons. The highest BCUT2D eigenvalue weighted by molar-refractivity contribution is 5.95. The minimum absolute atomic E-state index is 0.304. The van der Waals surface area contributed by atoms with Crippen molar-refractivity contribution in [2.75, 3.05) is 6.61 Å². The third-order valence-electron chi connectivity index (χ3n) is 3.38. The third kappa shape index (κ3) is 1.51. The Kier molecular flexibility index (Phi) is 2.72. The molecule has 0 unspecified atom stereocenters. The fraction of sp³-hybridized carbons (Fsp3) is 0.200. The van der Waals surface area contributed by atoms with Gasteiger partial charge in [0.2, 0.25) is 0 Å². The van der Waals surface area contributed by atoms with Gasteiger partial charge in [0.05, 0.1) is 23.2 Å². The molecular weight excluding hydrogens is 254 g/mol. The van der Waals surface area contributed by atoms with Gasteiger partial charge in [0.15, 0.2) is 0 Å². The quantitative estimate of drug-likeness (QED) is 0.670. The number of benzene rings is 1. The van der Waals surface area contributed by atoms with Crippen molar-refractivity contribution < 1.29 is 9.53 Å². The highest BCUT2D eigenvalue weighted by Crippen LogP contribution is 2.26. The SMILES string of the molecule is CCOC(=O)c1cc(C#N)c2n(C)c3ccccc3n12. The molecule has 0 radical (unpaired) electrons. The number of nitriles is 1. The van der Waals surface area contributed by atoms with Crippen molar-refractivity contribution in [1.29, 1.82) is 5.26 Å². The second kappa shape index (κ2) is 4.42. The number of nitrogens with zero attached hydrogens (tertiary/aromatic N) is 3. The third-order valence-corrected chi connectivity index (χ3v) is 3.38. The number of hydrogen-bond acceptors (Lipinski definition) is 3. The first kappa shape index (κ1) is 12.3. The average Bonchev–Trinajstić information content (AvgIpc) is 2.98. The number of ether oxygens (including phenoxy) is 1. The molecule has 0 N–H and O–H groups in total. The van der Waals surface area contributed by atoms with Gasteiger partial charge in [0, 0.05) is 7.05 Å². The van der Waals surface area contributed by atoms with Crippen LogP contribution in [-0.2, 0) is 11.8 Å². The van der Waals surface area contributed by atoms with E-state index < -0.39 is 5.97 Å². The molecule has 3 rings (SSSR count). The fourth-order valence-electron chi connectivity index (χ4n) is 2.56. The monoisotopic (exact) mass is 267 g/mol. The standard InChI is InChI=1S/C15H13N3O2/c1-3-20-15(19)13-8-10(9-16)14-17(2)11-6-4-5-7-12(11)18(13)14/h4-8H,3H2,1-2H3. The number of hydrogen-bond donors (Lipinski definition) is 0. The lowest BCUT2D eigenvalue weighted by Crippen LogP contribution is -2.07. The molecule has 0 aliphatic carbocycles. The normalized spacial score (nSPS) is 10.8. The summed E-state index contributed by atoms with van der Waals surface area (Å²) in [6, 6.07) is 11.4. The summed E-state index contributed by atoms with van der Waals surface area (Å²) in [6.07, 6.45) is 0. The summed E-state index contributed by atoms with van der Waals surface area (Å²) >= 11 is 0. The number of aromatic nitrogens is 2. The lowest BCUT2D eigenvalue weighted by Gasteiger charge is -2.00. The Morgan fingerprint density at radius 2 is 2.05 bits per heavy atom. The van der Waals surface area contributed by atoms with Gasteiger partial charge < -0.3 is 9.30 Å². The van der Waals surface area contributed by atoms with Crippen LogP contribution in [0.3, 0.4) is 0 Å². The van der Waals surface area contributed by atoms with Gasteiger partial charge in [0.1, 0.15) is 17.4 Å². The number of para-hydroxylation sites is 2. The highest BCUT2D eigenvalue weighted by Gasteiger charge is 2.21. The predicted octanol–water partition coefficient (Wildman–Crippen LogP) is 2.48. The summed E-state index contributed by atoms with van der Waals surface area (Å²) in [5, 5.41) is 9.28. The van der Waals surface area contributed by atoms with E-state index in [1.54, 1.807) is 17.4 Å². The highest BCUT2D eigenvalue weighted by atomic mass is 16.5. The summed E-state index contributed by atoms with van der Waals surface area (Å²) < 4.78 is 8.77. The van der Waals surface area contributed by atoms with E-state index in [0.29, 0.717) is 23.5 Å². The summed E-state index contributed by atoms with van der Waals surface area (Å²) in [4.78, 5) is 12.1. The van der Waals surface area contributed by atoms with Crippen LogP contribution >= 0.6 is 0 Å². The van der Waals surface area contributed by atoms with Gasteiger partial charge >= 0.3 is 5.97 Å². The topological polar surface area (TPSA) is 59.4 Å². The first-order valence-corrected chi connectivity index (χ1v) is 6.35. The van der Waals surface area contributed by atoms with E-state index in [-0.39, 0.29) is 0 Å². The number of aryl methyl sites for hydroxylation is 1. The van der Waals surface area contributed by atoms with Crippen LogP contribution < -0.4 is 0 Å². The molecular formula is C15H13N3O2. The number of imidazole rings is 1. The molecule has 0 spiro atoms. The number of fused-ring (bicyclic) bond motifs is 3. The van der Waals surface area contributed by atoms with E-state index in [4.69, 9.17) is 4.74 Å². The van der Waals surface area contributed by atoms with Crippen molar-refractivity contribution in [3.8, 4) is 6.07 Å². The van der Waals surface area contributed by atoms with E-state index in [1.165, 1.54) is 0 Å². The van der Waals surface area contributed by atoms with Crippen LogP contribution in [0.1, 0.15) is 23.0 Å². The number of esters is 1. The number of rotatable bonds is 2. The molecule has 20 heavy (non-hydrogen) atoms. The first-order valence-electron chi connectivity index (χ1n) is 6.35. The predicted molar refractivity (Wildman–Crippen MR) is 74.5 cm³/mol. The first-order chi connectivity index (χ1) is 9.69. The van der Waals surface area contributed by atoms with Gasteiger partial charge in [-0.1, -0.05) is 12.1 Å².